The number of anilines is 1. The molecule has 0 radical (unpaired) electrons. The number of hydrogen-bond donors (Lipinski definition) is 2. The molecule has 2 saturated heterocycles. The number of aromatic nitrogens is 1. The highest BCUT2D eigenvalue weighted by Gasteiger charge is 2.35. The first kappa shape index (κ1) is 33.0. The van der Waals surface area contributed by atoms with Crippen LogP contribution in [0, 0.1) is 5.82 Å². The largest absolute Gasteiger partial charge is 0.508 e. The smallest absolute Gasteiger partial charge is 0.246 e. The molecule has 1 aromatic heterocycles. The number of phenols is 1. The van der Waals surface area contributed by atoms with Gasteiger partial charge in [0.25, 0.3) is 0 Å². The molecule has 3 N–H and O–H groups in total. The minimum Gasteiger partial charge on any atom is -0.508 e. The predicted octanol–water partition coefficient (Wildman–Crippen LogP) is 0.669. The summed E-state index contributed by atoms with van der Waals surface area (Å²) in [6.45, 7) is 11.6. The number of carbonyl (C=O) groups is 3. The minimum atomic E-state index is -1.35. The zero-order valence-electron chi connectivity index (χ0n) is 25.5. The third-order valence-electron chi connectivity index (χ3n) is 8.25. The van der Waals surface area contributed by atoms with Crippen molar-refractivity contribution in [3.63, 3.8) is 0 Å². The molecule has 2 fully saturated rings. The first-order valence-corrected chi connectivity index (χ1v) is 14.9. The lowest BCUT2D eigenvalue weighted by molar-refractivity contribution is -0.151. The van der Waals surface area contributed by atoms with E-state index in [1.54, 1.807) is 6.92 Å². The average molecular weight is 611 g/mol. The summed E-state index contributed by atoms with van der Waals surface area (Å²) in [5, 5.41) is 10.8. The lowest BCUT2D eigenvalue weighted by atomic mass is 10.0. The van der Waals surface area contributed by atoms with E-state index < -0.39 is 23.7 Å². The van der Waals surface area contributed by atoms with Crippen LogP contribution in [0.3, 0.4) is 0 Å². The first-order chi connectivity index (χ1) is 21.1. The van der Waals surface area contributed by atoms with Crippen LogP contribution in [0.5, 0.6) is 5.75 Å². The lowest BCUT2D eigenvalue weighted by Crippen LogP contribution is -2.63. The Morgan fingerprint density at radius 2 is 1.93 bits per heavy atom. The van der Waals surface area contributed by atoms with Gasteiger partial charge < -0.3 is 19.8 Å². The number of piperazine rings is 1. The molecule has 12 nitrogen and oxygen atoms in total. The third-order valence-corrected chi connectivity index (χ3v) is 8.25. The Kier molecular flexibility index (Phi) is 11.4. The summed E-state index contributed by atoms with van der Waals surface area (Å²) in [4.78, 5) is 53.5. The second-order valence-corrected chi connectivity index (χ2v) is 11.4. The maximum absolute atomic E-state index is 14.8. The zero-order chi connectivity index (χ0) is 31.8. The fraction of sp³-hybridized carbons (Fsp3) is 0.484. The summed E-state index contributed by atoms with van der Waals surface area (Å²) < 4.78 is 14.8. The van der Waals surface area contributed by atoms with E-state index in [2.05, 4.69) is 28.3 Å². The second-order valence-electron chi connectivity index (χ2n) is 11.4. The van der Waals surface area contributed by atoms with Crippen molar-refractivity contribution >= 4 is 24.0 Å². The summed E-state index contributed by atoms with van der Waals surface area (Å²) in [6, 6.07) is 8.37. The molecule has 3 heterocycles. The van der Waals surface area contributed by atoms with Gasteiger partial charge in [-0.25, -0.2) is 14.4 Å². The molecule has 2 aromatic rings. The van der Waals surface area contributed by atoms with E-state index >= 15 is 0 Å². The number of imide groups is 1. The molecule has 2 aliphatic heterocycles. The number of halogens is 1. The fourth-order valence-electron chi connectivity index (χ4n) is 5.55. The molecule has 4 rings (SSSR count). The quantitative estimate of drug-likeness (QED) is 0.136. The van der Waals surface area contributed by atoms with E-state index in [0.29, 0.717) is 11.7 Å². The number of carbonyl (C=O) groups excluding carboxylic acids is 3. The Labute approximate surface area is 258 Å². The lowest BCUT2D eigenvalue weighted by Gasteiger charge is -2.48. The maximum Gasteiger partial charge on any atom is 0.246 e. The van der Waals surface area contributed by atoms with Gasteiger partial charge in [0, 0.05) is 70.9 Å². The number of likely N-dealkylation sites (N-methyl/N-ethyl adjacent to an activating group) is 2. The summed E-state index contributed by atoms with van der Waals surface area (Å²) in [7, 11) is 2.14. The topological polar surface area (TPSA) is 130 Å². The number of aromatic hydroxyl groups is 1. The van der Waals surface area contributed by atoms with Gasteiger partial charge in [-0.05, 0) is 37.7 Å². The maximum atomic E-state index is 14.8. The Morgan fingerprint density at radius 3 is 2.57 bits per heavy atom. The highest BCUT2D eigenvalue weighted by Crippen LogP contribution is 2.24. The highest BCUT2D eigenvalue weighted by molar-refractivity contribution is 5.95. The third kappa shape index (κ3) is 8.17. The number of nitrogens with zero attached hydrogens (tertiary/aromatic N) is 7. The summed E-state index contributed by atoms with van der Waals surface area (Å²) in [5.41, 5.74) is 0.721. The molecular formula is C31H43FN8O4. The van der Waals surface area contributed by atoms with Gasteiger partial charge in [-0.1, -0.05) is 18.2 Å². The van der Waals surface area contributed by atoms with E-state index in [0.717, 1.165) is 61.1 Å². The van der Waals surface area contributed by atoms with Crippen molar-refractivity contribution in [2.45, 2.75) is 32.0 Å². The Bertz CT molecular complexity index is 1320. The van der Waals surface area contributed by atoms with Crippen molar-refractivity contribution in [2.24, 2.45) is 5.84 Å². The molecule has 3 amide bonds. The van der Waals surface area contributed by atoms with Crippen LogP contribution in [0.25, 0.3) is 0 Å². The number of nitrogens with two attached hydrogens (primary N) is 1. The average Bonchev–Trinajstić information content (AvgIpc) is 2.97. The van der Waals surface area contributed by atoms with Crippen LogP contribution >= 0.6 is 0 Å². The number of pyridine rings is 1. The van der Waals surface area contributed by atoms with E-state index in [4.69, 9.17) is 10.8 Å². The van der Waals surface area contributed by atoms with Crippen molar-refractivity contribution in [1.29, 1.82) is 0 Å². The van der Waals surface area contributed by atoms with Crippen LogP contribution in [0.4, 0.5) is 10.2 Å². The highest BCUT2D eigenvalue weighted by atomic mass is 19.1. The van der Waals surface area contributed by atoms with E-state index in [9.17, 15) is 23.9 Å². The Balaban J connectivity index is 1.50. The van der Waals surface area contributed by atoms with Gasteiger partial charge in [0.15, 0.2) is 0 Å². The summed E-state index contributed by atoms with van der Waals surface area (Å²) >= 11 is 0. The van der Waals surface area contributed by atoms with Crippen LogP contribution in [-0.2, 0) is 27.3 Å². The number of amides is 3. The standard InChI is InChI=1S/C31H43FN8O4/c1-4-11-39(33)21-30(43)40(22-41)28(16-23-9-10-26(42)17-27(23)32)31(44)36(5-2)18-24-7-6-8-29(34-24)38-19-25(20-38)37-14-12-35(3)13-15-37/h4,6-10,17,22,25,28,42H,1,5,11-16,18-21,33H2,2-3H3/t28-/m0/s1. The van der Waals surface area contributed by atoms with E-state index in [1.807, 2.05) is 18.2 Å². The van der Waals surface area contributed by atoms with E-state index in [1.165, 1.54) is 23.1 Å². The van der Waals surface area contributed by atoms with Gasteiger partial charge in [-0.3, -0.25) is 30.0 Å². The molecule has 238 valence electrons. The van der Waals surface area contributed by atoms with Crippen molar-refractivity contribution < 1.29 is 23.9 Å². The number of hydrogen-bond acceptors (Lipinski definition) is 10. The number of phenolic OH excluding ortho intramolecular Hbond substituents is 1. The molecular weight excluding hydrogens is 567 g/mol. The molecule has 0 saturated carbocycles. The van der Waals surface area contributed by atoms with Gasteiger partial charge >= 0.3 is 0 Å². The van der Waals surface area contributed by atoms with Crippen LogP contribution in [-0.4, -0.2) is 131 Å². The molecule has 2 aliphatic rings. The molecule has 0 bridgehead atoms. The monoisotopic (exact) mass is 610 g/mol. The number of benzene rings is 1. The number of rotatable bonds is 14. The van der Waals surface area contributed by atoms with Gasteiger partial charge in [-0.15, -0.1) is 6.58 Å². The molecule has 44 heavy (non-hydrogen) atoms. The molecule has 13 heteroatoms. The van der Waals surface area contributed by atoms with Gasteiger partial charge in [0.1, 0.15) is 23.4 Å². The van der Waals surface area contributed by atoms with Crippen molar-refractivity contribution in [2.75, 3.05) is 70.9 Å². The Hall–Kier alpha value is -3.91. The van der Waals surface area contributed by atoms with Crippen molar-refractivity contribution in [3.05, 3.63) is 66.1 Å². The molecule has 0 aliphatic carbocycles. The fourth-order valence-corrected chi connectivity index (χ4v) is 5.55. The molecule has 1 atom stereocenters. The van der Waals surface area contributed by atoms with Gasteiger partial charge in [-0.2, -0.15) is 0 Å². The van der Waals surface area contributed by atoms with Crippen molar-refractivity contribution in [3.8, 4) is 5.75 Å². The van der Waals surface area contributed by atoms with Crippen LogP contribution < -0.4 is 10.7 Å². The van der Waals surface area contributed by atoms with Gasteiger partial charge in [0.2, 0.25) is 18.2 Å². The molecule has 1 aromatic carbocycles. The molecule has 0 unspecified atom stereocenters. The normalized spacial score (nSPS) is 16.8. The predicted molar refractivity (Wildman–Crippen MR) is 165 cm³/mol. The van der Waals surface area contributed by atoms with Gasteiger partial charge in [0.05, 0.1) is 18.8 Å². The zero-order valence-corrected chi connectivity index (χ0v) is 25.5. The number of hydrazine groups is 1. The molecule has 0 spiro atoms. The first-order valence-electron chi connectivity index (χ1n) is 14.9. The summed E-state index contributed by atoms with van der Waals surface area (Å²) in [5.74, 6) is 4.38. The van der Waals surface area contributed by atoms with Crippen LogP contribution in [0.2, 0.25) is 0 Å². The Morgan fingerprint density at radius 1 is 1.20 bits per heavy atom. The van der Waals surface area contributed by atoms with Crippen LogP contribution in [0.15, 0.2) is 49.1 Å². The van der Waals surface area contributed by atoms with Crippen LogP contribution in [0.1, 0.15) is 18.2 Å². The minimum absolute atomic E-state index is 0.0698. The van der Waals surface area contributed by atoms with E-state index in [-0.39, 0.29) is 50.3 Å². The SMILES string of the molecule is C=CCN(N)CC(=O)N(C=O)[C@@H](Cc1ccc(O)cc1F)C(=O)N(CC)Cc1cccc(N2CC(N3CCN(C)CC3)C2)n1. The second kappa shape index (κ2) is 15.2. The summed E-state index contributed by atoms with van der Waals surface area (Å²) in [6.07, 6.45) is 1.49. The van der Waals surface area contributed by atoms with Crippen molar-refractivity contribution in [1.82, 2.24) is 29.6 Å².